The summed E-state index contributed by atoms with van der Waals surface area (Å²) >= 11 is 0. The van der Waals surface area contributed by atoms with Gasteiger partial charge in [0.25, 0.3) is 5.91 Å². The molecule has 5 rings (SSSR count). The zero-order chi connectivity index (χ0) is 19.8. The van der Waals surface area contributed by atoms with Gasteiger partial charge in [0.15, 0.2) is 0 Å². The van der Waals surface area contributed by atoms with E-state index in [1.165, 1.54) is 0 Å². The Hall–Kier alpha value is -3.02. The van der Waals surface area contributed by atoms with E-state index in [4.69, 9.17) is 4.42 Å². The molecule has 148 valence electrons. The summed E-state index contributed by atoms with van der Waals surface area (Å²) in [6.45, 7) is 3.37. The lowest BCUT2D eigenvalue weighted by molar-refractivity contribution is 0.0703. The van der Waals surface area contributed by atoms with E-state index in [2.05, 4.69) is 15.0 Å². The van der Waals surface area contributed by atoms with Gasteiger partial charge in [-0.1, -0.05) is 0 Å². The molecule has 4 heterocycles. The molecule has 3 aromatic rings. The number of amides is 1. The lowest BCUT2D eigenvalue weighted by Gasteiger charge is -2.33. The van der Waals surface area contributed by atoms with Gasteiger partial charge in [0.2, 0.25) is 0 Å². The average Bonchev–Trinajstić information content (AvgIpc) is 3.55. The molecule has 29 heavy (non-hydrogen) atoms. The highest BCUT2D eigenvalue weighted by Crippen LogP contribution is 2.43. The number of carbonyl (C=O) groups excluding carboxylic acids is 1. The zero-order valence-electron chi connectivity index (χ0n) is 16.5. The minimum absolute atomic E-state index is 0.0907. The van der Waals surface area contributed by atoms with E-state index in [0.717, 1.165) is 66.1 Å². The van der Waals surface area contributed by atoms with Gasteiger partial charge in [0.1, 0.15) is 17.8 Å². The van der Waals surface area contributed by atoms with Gasteiger partial charge in [0, 0.05) is 49.1 Å². The number of hydrogen-bond acceptors (Lipinski definition) is 5. The maximum absolute atomic E-state index is 13.3. The van der Waals surface area contributed by atoms with Gasteiger partial charge in [-0.05, 0) is 56.4 Å². The smallest absolute Gasteiger partial charge is 0.257 e. The largest absolute Gasteiger partial charge is 0.465 e. The first-order chi connectivity index (χ1) is 14.2. The highest BCUT2D eigenvalue weighted by atomic mass is 16.3. The summed E-state index contributed by atoms with van der Waals surface area (Å²) in [5.74, 6) is 2.40. The lowest BCUT2D eigenvalue weighted by atomic mass is 9.90. The molecule has 1 aliphatic carbocycles. The van der Waals surface area contributed by atoms with E-state index in [-0.39, 0.29) is 11.8 Å². The second-order valence-electron chi connectivity index (χ2n) is 8.06. The van der Waals surface area contributed by atoms with Crippen molar-refractivity contribution >= 4 is 5.91 Å². The Bertz CT molecular complexity index is 1030. The van der Waals surface area contributed by atoms with Crippen molar-refractivity contribution in [2.75, 3.05) is 13.1 Å². The molecule has 2 aliphatic rings. The first kappa shape index (κ1) is 18.0. The molecule has 2 fully saturated rings. The first-order valence-corrected chi connectivity index (χ1v) is 10.3. The van der Waals surface area contributed by atoms with Gasteiger partial charge in [0.05, 0.1) is 11.3 Å². The Morgan fingerprint density at radius 2 is 1.97 bits per heavy atom. The van der Waals surface area contributed by atoms with Crippen LogP contribution in [0, 0.1) is 6.92 Å². The predicted molar refractivity (Wildman–Crippen MR) is 109 cm³/mol. The average molecular weight is 388 g/mol. The van der Waals surface area contributed by atoms with Crippen LogP contribution in [0.4, 0.5) is 0 Å². The van der Waals surface area contributed by atoms with Crippen LogP contribution < -0.4 is 0 Å². The number of aryl methyl sites for hydroxylation is 1. The zero-order valence-corrected chi connectivity index (χ0v) is 16.5. The Morgan fingerprint density at radius 3 is 2.76 bits per heavy atom. The summed E-state index contributed by atoms with van der Waals surface area (Å²) in [6, 6.07) is 5.86. The molecule has 0 unspecified atom stereocenters. The van der Waals surface area contributed by atoms with Crippen LogP contribution in [0.2, 0.25) is 0 Å². The number of nitrogens with zero attached hydrogens (tertiary/aromatic N) is 4. The van der Waals surface area contributed by atoms with Crippen molar-refractivity contribution in [3.63, 3.8) is 0 Å². The summed E-state index contributed by atoms with van der Waals surface area (Å²) in [5.41, 5.74) is 3.84. The molecule has 1 atom stereocenters. The standard InChI is InChI=1S/C23H24N4O2/c1-15-11-19(22(29-15)17-4-5-17)23(28)27-10-2-3-18(13-27)21-20(12-25-14-26-21)16-6-8-24-9-7-16/h6-9,11-12,14,17-18H,2-5,10,13H2,1H3/t18-/m0/s1. The number of likely N-dealkylation sites (tertiary alicyclic amines) is 1. The van der Waals surface area contributed by atoms with Crippen LogP contribution >= 0.6 is 0 Å². The van der Waals surface area contributed by atoms with Gasteiger partial charge < -0.3 is 9.32 Å². The molecule has 6 heteroatoms. The Balaban J connectivity index is 1.42. The summed E-state index contributed by atoms with van der Waals surface area (Å²) in [7, 11) is 0. The molecule has 0 bridgehead atoms. The number of piperidine rings is 1. The molecule has 1 saturated heterocycles. The maximum Gasteiger partial charge on any atom is 0.257 e. The van der Waals surface area contributed by atoms with Crippen molar-refractivity contribution in [3.8, 4) is 11.1 Å². The topological polar surface area (TPSA) is 72.1 Å². The molecular weight excluding hydrogens is 364 g/mol. The fourth-order valence-electron chi connectivity index (χ4n) is 4.32. The monoisotopic (exact) mass is 388 g/mol. The molecule has 1 saturated carbocycles. The fourth-order valence-corrected chi connectivity index (χ4v) is 4.32. The van der Waals surface area contributed by atoms with Gasteiger partial charge in [-0.2, -0.15) is 0 Å². The van der Waals surface area contributed by atoms with Crippen molar-refractivity contribution in [1.29, 1.82) is 0 Å². The van der Waals surface area contributed by atoms with E-state index in [9.17, 15) is 4.79 Å². The Morgan fingerprint density at radius 1 is 1.14 bits per heavy atom. The summed E-state index contributed by atoms with van der Waals surface area (Å²) in [5, 5.41) is 0. The number of pyridine rings is 1. The highest BCUT2D eigenvalue weighted by Gasteiger charge is 2.35. The van der Waals surface area contributed by atoms with E-state index in [0.29, 0.717) is 12.5 Å². The number of hydrogen-bond donors (Lipinski definition) is 0. The van der Waals surface area contributed by atoms with Crippen LogP contribution in [0.1, 0.15) is 65.1 Å². The summed E-state index contributed by atoms with van der Waals surface area (Å²) < 4.78 is 5.86. The summed E-state index contributed by atoms with van der Waals surface area (Å²) in [6.07, 6.45) is 11.2. The van der Waals surface area contributed by atoms with Crippen molar-refractivity contribution in [1.82, 2.24) is 19.9 Å². The lowest BCUT2D eigenvalue weighted by Crippen LogP contribution is -2.39. The van der Waals surface area contributed by atoms with E-state index in [1.807, 2.05) is 36.2 Å². The molecule has 0 aromatic carbocycles. The molecule has 6 nitrogen and oxygen atoms in total. The summed E-state index contributed by atoms with van der Waals surface area (Å²) in [4.78, 5) is 28.3. The van der Waals surface area contributed by atoms with Crippen LogP contribution in [-0.2, 0) is 0 Å². The van der Waals surface area contributed by atoms with Crippen LogP contribution in [-0.4, -0.2) is 38.8 Å². The van der Waals surface area contributed by atoms with Gasteiger partial charge in [-0.25, -0.2) is 9.97 Å². The third-order valence-electron chi connectivity index (χ3n) is 5.89. The molecule has 0 N–H and O–H groups in total. The SMILES string of the molecule is Cc1cc(C(=O)N2CCC[C@H](c3ncncc3-c3ccncc3)C2)c(C2CC2)o1. The number of furan rings is 1. The van der Waals surface area contributed by atoms with Crippen molar-refractivity contribution in [2.24, 2.45) is 0 Å². The van der Waals surface area contributed by atoms with Crippen LogP contribution in [0.15, 0.2) is 47.5 Å². The highest BCUT2D eigenvalue weighted by molar-refractivity contribution is 5.95. The third kappa shape index (κ3) is 3.55. The van der Waals surface area contributed by atoms with Crippen LogP contribution in [0.3, 0.4) is 0 Å². The van der Waals surface area contributed by atoms with Gasteiger partial charge in [-0.3, -0.25) is 9.78 Å². The first-order valence-electron chi connectivity index (χ1n) is 10.3. The molecule has 0 radical (unpaired) electrons. The minimum Gasteiger partial charge on any atom is -0.465 e. The molecule has 1 aliphatic heterocycles. The second-order valence-corrected chi connectivity index (χ2v) is 8.06. The molecule has 3 aromatic heterocycles. The van der Waals surface area contributed by atoms with E-state index >= 15 is 0 Å². The Labute approximate surface area is 170 Å². The predicted octanol–water partition coefficient (Wildman–Crippen LogP) is 4.34. The minimum atomic E-state index is 0.0907. The molecule has 0 spiro atoms. The van der Waals surface area contributed by atoms with Crippen molar-refractivity contribution in [2.45, 2.75) is 44.4 Å². The number of aromatic nitrogens is 3. The van der Waals surface area contributed by atoms with Crippen LogP contribution in [0.25, 0.3) is 11.1 Å². The maximum atomic E-state index is 13.3. The number of rotatable bonds is 4. The van der Waals surface area contributed by atoms with E-state index in [1.54, 1.807) is 18.7 Å². The van der Waals surface area contributed by atoms with Gasteiger partial charge in [-0.15, -0.1) is 0 Å². The quantitative estimate of drug-likeness (QED) is 0.665. The van der Waals surface area contributed by atoms with Crippen molar-refractivity contribution < 1.29 is 9.21 Å². The van der Waals surface area contributed by atoms with E-state index < -0.39 is 0 Å². The third-order valence-corrected chi connectivity index (χ3v) is 5.89. The molecular formula is C23H24N4O2. The Kier molecular flexibility index (Phi) is 4.62. The van der Waals surface area contributed by atoms with Crippen molar-refractivity contribution in [3.05, 3.63) is 65.9 Å². The second kappa shape index (κ2) is 7.43. The van der Waals surface area contributed by atoms with Crippen LogP contribution in [0.5, 0.6) is 0 Å². The fraction of sp³-hybridized carbons (Fsp3) is 0.391. The molecule has 1 amide bonds. The number of carbonyl (C=O) groups is 1. The van der Waals surface area contributed by atoms with Gasteiger partial charge >= 0.3 is 0 Å². The normalized spacial score (nSPS) is 19.3.